The van der Waals surface area contributed by atoms with E-state index in [1.165, 1.54) is 38.8 Å². The first-order valence-corrected chi connectivity index (χ1v) is 7.24. The lowest BCUT2D eigenvalue weighted by Crippen LogP contribution is -2.60. The molecule has 2 heterocycles. The fourth-order valence-corrected chi connectivity index (χ4v) is 4.22. The lowest BCUT2D eigenvalue weighted by atomic mass is 9.68. The van der Waals surface area contributed by atoms with Gasteiger partial charge in [0.15, 0.2) is 0 Å². The molecular weight excluding hydrogens is 214 g/mol. The van der Waals surface area contributed by atoms with Gasteiger partial charge in [-0.1, -0.05) is 6.42 Å². The Morgan fingerprint density at radius 3 is 2.65 bits per heavy atom. The molecule has 98 valence electrons. The van der Waals surface area contributed by atoms with Crippen LogP contribution in [0.4, 0.5) is 0 Å². The topological polar surface area (TPSA) is 32.7 Å². The highest BCUT2D eigenvalue weighted by atomic mass is 16.5. The number of piperidine rings is 1. The number of aliphatic hydroxyl groups is 1. The smallest absolute Gasteiger partial charge is 0.0827 e. The Labute approximate surface area is 104 Å². The van der Waals surface area contributed by atoms with Crippen molar-refractivity contribution in [3.8, 4) is 0 Å². The molecule has 2 saturated heterocycles. The van der Waals surface area contributed by atoms with E-state index in [4.69, 9.17) is 4.74 Å². The van der Waals surface area contributed by atoms with Crippen LogP contribution in [0.25, 0.3) is 0 Å². The van der Waals surface area contributed by atoms with Crippen LogP contribution in [-0.4, -0.2) is 48.0 Å². The minimum atomic E-state index is -0.545. The molecule has 0 amide bonds. The summed E-state index contributed by atoms with van der Waals surface area (Å²) >= 11 is 0. The molecule has 1 aliphatic carbocycles. The molecule has 0 aromatic rings. The lowest BCUT2D eigenvalue weighted by Gasteiger charge is -2.50. The number of rotatable bonds is 1. The van der Waals surface area contributed by atoms with Crippen molar-refractivity contribution in [3.05, 3.63) is 0 Å². The zero-order chi connectivity index (χ0) is 11.9. The summed E-state index contributed by atoms with van der Waals surface area (Å²) in [6, 6.07) is 0.366. The molecule has 4 atom stereocenters. The Kier molecular flexibility index (Phi) is 3.18. The van der Waals surface area contributed by atoms with Gasteiger partial charge in [0.25, 0.3) is 0 Å². The van der Waals surface area contributed by atoms with Crippen LogP contribution in [0.5, 0.6) is 0 Å². The summed E-state index contributed by atoms with van der Waals surface area (Å²) in [5, 5.41) is 10.9. The number of ether oxygens (including phenoxy) is 1. The molecule has 17 heavy (non-hydrogen) atoms. The van der Waals surface area contributed by atoms with Crippen molar-refractivity contribution in [1.29, 1.82) is 0 Å². The first kappa shape index (κ1) is 11.9. The molecule has 3 heteroatoms. The van der Waals surface area contributed by atoms with Gasteiger partial charge in [-0.2, -0.15) is 0 Å². The minimum Gasteiger partial charge on any atom is -0.388 e. The van der Waals surface area contributed by atoms with Gasteiger partial charge in [0.1, 0.15) is 0 Å². The van der Waals surface area contributed by atoms with Gasteiger partial charge >= 0.3 is 0 Å². The average Bonchev–Trinajstić information content (AvgIpc) is 2.80. The average molecular weight is 239 g/mol. The van der Waals surface area contributed by atoms with Crippen molar-refractivity contribution in [3.63, 3.8) is 0 Å². The van der Waals surface area contributed by atoms with Crippen LogP contribution in [0.1, 0.15) is 39.0 Å². The molecule has 0 bridgehead atoms. The molecule has 1 N–H and O–H groups in total. The molecular formula is C14H25NO2. The van der Waals surface area contributed by atoms with E-state index in [1.807, 2.05) is 0 Å². The maximum absolute atomic E-state index is 10.9. The number of nitrogens with zero attached hydrogens (tertiary/aromatic N) is 1. The number of hydrogen-bond acceptors (Lipinski definition) is 3. The predicted molar refractivity (Wildman–Crippen MR) is 66.9 cm³/mol. The van der Waals surface area contributed by atoms with E-state index in [9.17, 15) is 5.11 Å². The van der Waals surface area contributed by atoms with Crippen LogP contribution >= 0.6 is 0 Å². The molecule has 0 aromatic carbocycles. The highest BCUT2D eigenvalue weighted by Crippen LogP contribution is 2.43. The van der Waals surface area contributed by atoms with E-state index in [1.54, 1.807) is 0 Å². The summed E-state index contributed by atoms with van der Waals surface area (Å²) in [7, 11) is 0. The summed E-state index contributed by atoms with van der Waals surface area (Å²) in [6.07, 6.45) is 6.36. The van der Waals surface area contributed by atoms with E-state index in [0.29, 0.717) is 17.9 Å². The standard InChI is InChI=1S/C14H25NO2/c1-14(16)12-10-17-9-11(12)5-6-13(14)15-7-3-2-4-8-15/h11-13,16H,2-10H2,1H3/t11-,12+,13+,14-/m0/s1. The van der Waals surface area contributed by atoms with Gasteiger partial charge in [0.05, 0.1) is 12.2 Å². The largest absolute Gasteiger partial charge is 0.388 e. The van der Waals surface area contributed by atoms with E-state index in [0.717, 1.165) is 19.6 Å². The molecule has 0 spiro atoms. The van der Waals surface area contributed by atoms with E-state index in [2.05, 4.69) is 11.8 Å². The predicted octanol–water partition coefficient (Wildman–Crippen LogP) is 1.65. The second-order valence-corrected chi connectivity index (χ2v) is 6.32. The van der Waals surface area contributed by atoms with Crippen LogP contribution in [-0.2, 0) is 4.74 Å². The Balaban J connectivity index is 1.75. The second-order valence-electron chi connectivity index (χ2n) is 6.32. The first-order chi connectivity index (χ1) is 8.19. The van der Waals surface area contributed by atoms with Gasteiger partial charge in [-0.25, -0.2) is 0 Å². The molecule has 0 unspecified atom stereocenters. The number of fused-ring (bicyclic) bond motifs is 1. The van der Waals surface area contributed by atoms with Gasteiger partial charge in [0, 0.05) is 18.6 Å². The van der Waals surface area contributed by atoms with Gasteiger partial charge in [-0.15, -0.1) is 0 Å². The van der Waals surface area contributed by atoms with Crippen molar-refractivity contribution in [1.82, 2.24) is 4.90 Å². The van der Waals surface area contributed by atoms with Crippen LogP contribution in [0.15, 0.2) is 0 Å². The van der Waals surface area contributed by atoms with E-state index < -0.39 is 5.60 Å². The molecule has 0 aromatic heterocycles. The Morgan fingerprint density at radius 2 is 1.88 bits per heavy atom. The summed E-state index contributed by atoms with van der Waals surface area (Å²) < 4.78 is 5.58. The van der Waals surface area contributed by atoms with Crippen LogP contribution in [0.3, 0.4) is 0 Å². The van der Waals surface area contributed by atoms with Crippen LogP contribution < -0.4 is 0 Å². The van der Waals surface area contributed by atoms with E-state index >= 15 is 0 Å². The summed E-state index contributed by atoms with van der Waals surface area (Å²) in [5.74, 6) is 0.967. The van der Waals surface area contributed by atoms with Crippen molar-refractivity contribution in [2.45, 2.75) is 50.7 Å². The van der Waals surface area contributed by atoms with Gasteiger partial charge in [-0.05, 0) is 51.6 Å². The SMILES string of the molecule is C[C@]1(O)[C@@H]2COC[C@@H]2CC[C@H]1N1CCCCC1. The number of hydrogen-bond donors (Lipinski definition) is 1. The van der Waals surface area contributed by atoms with E-state index in [-0.39, 0.29) is 0 Å². The zero-order valence-electron chi connectivity index (χ0n) is 10.9. The second kappa shape index (κ2) is 4.52. The zero-order valence-corrected chi connectivity index (χ0v) is 10.9. The Morgan fingerprint density at radius 1 is 1.12 bits per heavy atom. The maximum Gasteiger partial charge on any atom is 0.0827 e. The summed E-state index contributed by atoms with van der Waals surface area (Å²) in [4.78, 5) is 2.54. The molecule has 3 rings (SSSR count). The maximum atomic E-state index is 10.9. The Hall–Kier alpha value is -0.120. The van der Waals surface area contributed by atoms with Gasteiger partial charge in [0.2, 0.25) is 0 Å². The highest BCUT2D eigenvalue weighted by Gasteiger charge is 2.51. The Bertz CT molecular complexity index is 273. The van der Waals surface area contributed by atoms with Crippen molar-refractivity contribution in [2.24, 2.45) is 11.8 Å². The number of likely N-dealkylation sites (tertiary alicyclic amines) is 1. The lowest BCUT2D eigenvalue weighted by molar-refractivity contribution is -0.113. The van der Waals surface area contributed by atoms with Gasteiger partial charge in [-0.3, -0.25) is 4.90 Å². The summed E-state index contributed by atoms with van der Waals surface area (Å²) in [5.41, 5.74) is -0.545. The van der Waals surface area contributed by atoms with Crippen LogP contribution in [0.2, 0.25) is 0 Å². The van der Waals surface area contributed by atoms with Gasteiger partial charge < -0.3 is 9.84 Å². The summed E-state index contributed by atoms with van der Waals surface area (Å²) in [6.45, 7) is 6.05. The third kappa shape index (κ3) is 2.02. The fraction of sp³-hybridized carbons (Fsp3) is 1.00. The van der Waals surface area contributed by atoms with Crippen molar-refractivity contribution >= 4 is 0 Å². The van der Waals surface area contributed by atoms with Crippen LogP contribution in [0, 0.1) is 11.8 Å². The molecule has 0 radical (unpaired) electrons. The minimum absolute atomic E-state index is 0.364. The molecule has 1 saturated carbocycles. The quantitative estimate of drug-likeness (QED) is 0.755. The molecule has 3 fully saturated rings. The third-order valence-corrected chi connectivity index (χ3v) is 5.27. The van der Waals surface area contributed by atoms with Crippen molar-refractivity contribution < 1.29 is 9.84 Å². The first-order valence-electron chi connectivity index (χ1n) is 7.24. The normalized spacial score (nSPS) is 48.0. The molecule has 2 aliphatic heterocycles. The highest BCUT2D eigenvalue weighted by molar-refractivity contribution is 5.03. The monoisotopic (exact) mass is 239 g/mol. The fourth-order valence-electron chi connectivity index (χ4n) is 4.22. The molecule has 3 aliphatic rings. The molecule has 3 nitrogen and oxygen atoms in total. The van der Waals surface area contributed by atoms with Crippen molar-refractivity contribution in [2.75, 3.05) is 26.3 Å². The third-order valence-electron chi connectivity index (χ3n) is 5.27.